The van der Waals surface area contributed by atoms with Crippen molar-refractivity contribution in [3.8, 4) is 0 Å². The quantitative estimate of drug-likeness (QED) is 0.779. The average molecular weight is 244 g/mol. The van der Waals surface area contributed by atoms with Gasteiger partial charge in [0.25, 0.3) is 0 Å². The normalized spacial score (nSPS) is 10.5. The highest BCUT2D eigenvalue weighted by Crippen LogP contribution is 2.23. The summed E-state index contributed by atoms with van der Waals surface area (Å²) in [5.41, 5.74) is 1.87. The van der Waals surface area contributed by atoms with E-state index in [1.165, 1.54) is 0 Å². The molecule has 0 bridgehead atoms. The molecule has 1 N–H and O–H groups in total. The van der Waals surface area contributed by atoms with Gasteiger partial charge < -0.3 is 14.7 Å². The van der Waals surface area contributed by atoms with Crippen LogP contribution in [0.1, 0.15) is 12.0 Å². The molecule has 0 saturated carbocycles. The first-order valence-corrected chi connectivity index (χ1v) is 5.66. The monoisotopic (exact) mass is 243 g/mol. The molecular weight excluding hydrogens is 226 g/mol. The van der Waals surface area contributed by atoms with Gasteiger partial charge in [-0.05, 0) is 24.6 Å². The third-order valence-corrected chi connectivity index (χ3v) is 2.70. The lowest BCUT2D eigenvalue weighted by Crippen LogP contribution is -2.21. The molecule has 0 heterocycles. The molecule has 0 unspecified atom stereocenters. The maximum Gasteiger partial charge on any atom is 0.0702 e. The first-order chi connectivity index (χ1) is 7.69. The Bertz CT molecular complexity index is 331. The minimum atomic E-state index is 0.00448. The molecule has 0 aromatic heterocycles. The molecule has 0 aliphatic heterocycles. The molecule has 0 saturated heterocycles. The van der Waals surface area contributed by atoms with E-state index in [1.54, 1.807) is 13.2 Å². The number of anilines is 1. The topological polar surface area (TPSA) is 32.7 Å². The SMILES string of the molecule is COCCCN(C)c1ccc(Cl)cc1CO. The maximum atomic E-state index is 9.25. The Morgan fingerprint density at radius 1 is 1.44 bits per heavy atom. The zero-order valence-electron chi connectivity index (χ0n) is 9.74. The van der Waals surface area contributed by atoms with E-state index in [1.807, 2.05) is 19.2 Å². The van der Waals surface area contributed by atoms with Gasteiger partial charge in [-0.15, -0.1) is 0 Å². The Hall–Kier alpha value is -0.770. The van der Waals surface area contributed by atoms with E-state index in [4.69, 9.17) is 16.3 Å². The van der Waals surface area contributed by atoms with Crippen LogP contribution in [0.5, 0.6) is 0 Å². The molecule has 0 amide bonds. The molecule has 1 rings (SSSR count). The molecule has 1 aromatic rings. The van der Waals surface area contributed by atoms with Crippen molar-refractivity contribution in [2.24, 2.45) is 0 Å². The number of aliphatic hydroxyl groups excluding tert-OH is 1. The third kappa shape index (κ3) is 3.67. The van der Waals surface area contributed by atoms with Gasteiger partial charge in [-0.2, -0.15) is 0 Å². The molecule has 0 fully saturated rings. The van der Waals surface area contributed by atoms with Crippen LogP contribution in [-0.2, 0) is 11.3 Å². The van der Waals surface area contributed by atoms with Gasteiger partial charge in [-0.1, -0.05) is 11.6 Å². The fourth-order valence-electron chi connectivity index (χ4n) is 1.62. The van der Waals surface area contributed by atoms with E-state index in [-0.39, 0.29) is 6.61 Å². The lowest BCUT2D eigenvalue weighted by atomic mass is 10.1. The Morgan fingerprint density at radius 3 is 2.81 bits per heavy atom. The summed E-state index contributed by atoms with van der Waals surface area (Å²) in [5.74, 6) is 0. The molecule has 0 spiro atoms. The molecule has 0 aliphatic carbocycles. The van der Waals surface area contributed by atoms with Gasteiger partial charge in [0.2, 0.25) is 0 Å². The Kier molecular flexibility index (Phi) is 5.60. The van der Waals surface area contributed by atoms with Gasteiger partial charge in [0.05, 0.1) is 6.61 Å². The van der Waals surface area contributed by atoms with Crippen molar-refractivity contribution in [1.82, 2.24) is 0 Å². The van der Waals surface area contributed by atoms with Crippen molar-refractivity contribution in [2.45, 2.75) is 13.0 Å². The van der Waals surface area contributed by atoms with Crippen molar-refractivity contribution in [1.29, 1.82) is 0 Å². The Morgan fingerprint density at radius 2 is 2.19 bits per heavy atom. The molecule has 90 valence electrons. The summed E-state index contributed by atoms with van der Waals surface area (Å²) in [4.78, 5) is 2.10. The van der Waals surface area contributed by atoms with Crippen LogP contribution >= 0.6 is 11.6 Å². The summed E-state index contributed by atoms with van der Waals surface area (Å²) in [5, 5.41) is 9.90. The lowest BCUT2D eigenvalue weighted by molar-refractivity contribution is 0.196. The number of aliphatic hydroxyl groups is 1. The molecule has 0 atom stereocenters. The number of rotatable bonds is 6. The van der Waals surface area contributed by atoms with Crippen molar-refractivity contribution in [3.05, 3.63) is 28.8 Å². The fourth-order valence-corrected chi connectivity index (χ4v) is 1.81. The van der Waals surface area contributed by atoms with E-state index in [9.17, 15) is 5.11 Å². The summed E-state index contributed by atoms with van der Waals surface area (Å²) in [6.45, 7) is 1.64. The molecule has 0 radical (unpaired) electrons. The zero-order chi connectivity index (χ0) is 12.0. The van der Waals surface area contributed by atoms with Crippen molar-refractivity contribution in [2.75, 3.05) is 32.2 Å². The smallest absolute Gasteiger partial charge is 0.0702 e. The Labute approximate surface area is 102 Å². The van der Waals surface area contributed by atoms with Gasteiger partial charge in [-0.25, -0.2) is 0 Å². The number of methoxy groups -OCH3 is 1. The van der Waals surface area contributed by atoms with Gasteiger partial charge in [0.1, 0.15) is 0 Å². The van der Waals surface area contributed by atoms with E-state index >= 15 is 0 Å². The van der Waals surface area contributed by atoms with Crippen LogP contribution in [0.4, 0.5) is 5.69 Å². The predicted octanol–water partition coefficient (Wildman–Crippen LogP) is 2.31. The van der Waals surface area contributed by atoms with Crippen molar-refractivity contribution >= 4 is 17.3 Å². The number of nitrogens with zero attached hydrogens (tertiary/aromatic N) is 1. The second-order valence-electron chi connectivity index (χ2n) is 3.70. The van der Waals surface area contributed by atoms with Gasteiger partial charge in [0.15, 0.2) is 0 Å². The van der Waals surface area contributed by atoms with Crippen molar-refractivity contribution in [3.63, 3.8) is 0 Å². The Balaban J connectivity index is 2.70. The van der Waals surface area contributed by atoms with Gasteiger partial charge in [-0.3, -0.25) is 0 Å². The van der Waals surface area contributed by atoms with Crippen LogP contribution in [0.25, 0.3) is 0 Å². The number of ether oxygens (including phenoxy) is 1. The molecule has 0 aliphatic rings. The second kappa shape index (κ2) is 6.74. The summed E-state index contributed by atoms with van der Waals surface area (Å²) in [6, 6.07) is 5.56. The van der Waals surface area contributed by atoms with Crippen LogP contribution in [0, 0.1) is 0 Å². The van der Waals surface area contributed by atoms with Crippen LogP contribution in [0.2, 0.25) is 5.02 Å². The minimum absolute atomic E-state index is 0.00448. The van der Waals surface area contributed by atoms with E-state index in [0.717, 1.165) is 30.8 Å². The number of hydrogen-bond donors (Lipinski definition) is 1. The zero-order valence-corrected chi connectivity index (χ0v) is 10.5. The highest BCUT2D eigenvalue weighted by molar-refractivity contribution is 6.30. The predicted molar refractivity (Wildman–Crippen MR) is 67.1 cm³/mol. The molecule has 4 heteroatoms. The average Bonchev–Trinajstić information content (AvgIpc) is 2.29. The highest BCUT2D eigenvalue weighted by Gasteiger charge is 2.07. The van der Waals surface area contributed by atoms with E-state index < -0.39 is 0 Å². The third-order valence-electron chi connectivity index (χ3n) is 2.47. The van der Waals surface area contributed by atoms with Crippen LogP contribution in [-0.4, -0.2) is 32.4 Å². The lowest BCUT2D eigenvalue weighted by Gasteiger charge is -2.22. The molecule has 1 aromatic carbocycles. The van der Waals surface area contributed by atoms with Crippen LogP contribution in [0.3, 0.4) is 0 Å². The molecular formula is C12H18ClNO2. The summed E-state index contributed by atoms with van der Waals surface area (Å²) >= 11 is 5.88. The fraction of sp³-hybridized carbons (Fsp3) is 0.500. The largest absolute Gasteiger partial charge is 0.392 e. The maximum absolute atomic E-state index is 9.25. The summed E-state index contributed by atoms with van der Waals surface area (Å²) < 4.78 is 5.01. The van der Waals surface area contributed by atoms with Gasteiger partial charge >= 0.3 is 0 Å². The van der Waals surface area contributed by atoms with Gasteiger partial charge in [0, 0.05) is 43.6 Å². The first-order valence-electron chi connectivity index (χ1n) is 5.28. The number of halogens is 1. The summed E-state index contributed by atoms with van der Waals surface area (Å²) in [6.07, 6.45) is 0.959. The first kappa shape index (κ1) is 13.3. The minimum Gasteiger partial charge on any atom is -0.392 e. The number of hydrogen-bond acceptors (Lipinski definition) is 3. The summed E-state index contributed by atoms with van der Waals surface area (Å²) in [7, 11) is 3.69. The standard InChI is InChI=1S/C12H18ClNO2/c1-14(6-3-7-16-2)12-5-4-11(13)8-10(12)9-15/h4-5,8,15H,3,6-7,9H2,1-2H3. The molecule has 16 heavy (non-hydrogen) atoms. The highest BCUT2D eigenvalue weighted by atomic mass is 35.5. The van der Waals surface area contributed by atoms with Crippen LogP contribution < -0.4 is 4.90 Å². The van der Waals surface area contributed by atoms with Crippen molar-refractivity contribution < 1.29 is 9.84 Å². The molecule has 3 nitrogen and oxygen atoms in total. The van der Waals surface area contributed by atoms with E-state index in [0.29, 0.717) is 5.02 Å². The number of benzene rings is 1. The van der Waals surface area contributed by atoms with Crippen LogP contribution in [0.15, 0.2) is 18.2 Å². The van der Waals surface area contributed by atoms with E-state index in [2.05, 4.69) is 4.90 Å². The second-order valence-corrected chi connectivity index (χ2v) is 4.14.